The van der Waals surface area contributed by atoms with Gasteiger partial charge in [0.05, 0.1) is 5.75 Å². The Balaban J connectivity index is 1.24. The SMILES string of the molecule is O=C(CSc1cc(NCc2ccc(Cl)cc2)ncn1)N1CCN(c2ccccc2)CC1. The van der Waals surface area contributed by atoms with Gasteiger partial charge in [0, 0.05) is 49.5 Å². The van der Waals surface area contributed by atoms with Gasteiger partial charge in [0.1, 0.15) is 17.2 Å². The van der Waals surface area contributed by atoms with Crippen LogP contribution in [0.4, 0.5) is 11.5 Å². The van der Waals surface area contributed by atoms with E-state index >= 15 is 0 Å². The fourth-order valence-electron chi connectivity index (χ4n) is 3.39. The molecule has 3 aromatic rings. The number of anilines is 2. The number of thioether (sulfide) groups is 1. The van der Waals surface area contributed by atoms with Gasteiger partial charge in [0.2, 0.25) is 5.91 Å². The largest absolute Gasteiger partial charge is 0.368 e. The molecule has 1 saturated heterocycles. The van der Waals surface area contributed by atoms with Crippen LogP contribution in [0.15, 0.2) is 72.0 Å². The summed E-state index contributed by atoms with van der Waals surface area (Å²) in [5.41, 5.74) is 2.32. The van der Waals surface area contributed by atoms with Crippen molar-refractivity contribution in [3.63, 3.8) is 0 Å². The van der Waals surface area contributed by atoms with Gasteiger partial charge in [-0.2, -0.15) is 0 Å². The summed E-state index contributed by atoms with van der Waals surface area (Å²) < 4.78 is 0. The Labute approximate surface area is 191 Å². The lowest BCUT2D eigenvalue weighted by molar-refractivity contribution is -0.128. The highest BCUT2D eigenvalue weighted by atomic mass is 35.5. The first-order valence-electron chi connectivity index (χ1n) is 10.2. The Morgan fingerprint density at radius 3 is 2.48 bits per heavy atom. The number of hydrogen-bond acceptors (Lipinski definition) is 6. The normalized spacial score (nSPS) is 13.8. The van der Waals surface area contributed by atoms with Crippen LogP contribution in [0.5, 0.6) is 0 Å². The van der Waals surface area contributed by atoms with Crippen molar-refractivity contribution in [2.75, 3.05) is 42.1 Å². The molecule has 0 aliphatic carbocycles. The smallest absolute Gasteiger partial charge is 0.233 e. The molecule has 4 rings (SSSR count). The lowest BCUT2D eigenvalue weighted by Gasteiger charge is -2.36. The van der Waals surface area contributed by atoms with Crippen LogP contribution in [0.1, 0.15) is 5.56 Å². The third-order valence-corrected chi connectivity index (χ3v) is 6.29. The molecule has 0 spiro atoms. The molecular formula is C23H24ClN5OS. The first kappa shape index (κ1) is 21.5. The summed E-state index contributed by atoms with van der Waals surface area (Å²) >= 11 is 7.37. The summed E-state index contributed by atoms with van der Waals surface area (Å²) in [6, 6.07) is 19.9. The van der Waals surface area contributed by atoms with E-state index in [0.717, 1.165) is 47.6 Å². The molecule has 1 amide bonds. The molecule has 160 valence electrons. The molecule has 2 aromatic carbocycles. The van der Waals surface area contributed by atoms with Crippen molar-refractivity contribution in [1.82, 2.24) is 14.9 Å². The number of halogens is 1. The van der Waals surface area contributed by atoms with Gasteiger partial charge in [-0.3, -0.25) is 4.79 Å². The zero-order valence-corrected chi connectivity index (χ0v) is 18.6. The second-order valence-corrected chi connectivity index (χ2v) is 8.65. The highest BCUT2D eigenvalue weighted by molar-refractivity contribution is 7.99. The number of nitrogens with zero attached hydrogens (tertiary/aromatic N) is 4. The van der Waals surface area contributed by atoms with Crippen LogP contribution < -0.4 is 10.2 Å². The van der Waals surface area contributed by atoms with E-state index in [4.69, 9.17) is 11.6 Å². The highest BCUT2D eigenvalue weighted by Gasteiger charge is 2.21. The molecule has 0 radical (unpaired) electrons. The van der Waals surface area contributed by atoms with E-state index in [9.17, 15) is 4.79 Å². The predicted molar refractivity (Wildman–Crippen MR) is 127 cm³/mol. The van der Waals surface area contributed by atoms with Crippen molar-refractivity contribution in [2.45, 2.75) is 11.6 Å². The summed E-state index contributed by atoms with van der Waals surface area (Å²) in [5, 5.41) is 4.78. The number of para-hydroxylation sites is 1. The molecule has 1 aliphatic rings. The average molecular weight is 454 g/mol. The summed E-state index contributed by atoms with van der Waals surface area (Å²) in [5.74, 6) is 1.25. The minimum atomic E-state index is 0.145. The number of benzene rings is 2. The second-order valence-electron chi connectivity index (χ2n) is 7.21. The number of aromatic nitrogens is 2. The molecule has 2 heterocycles. The van der Waals surface area contributed by atoms with Crippen molar-refractivity contribution in [2.24, 2.45) is 0 Å². The lowest BCUT2D eigenvalue weighted by atomic mass is 10.2. The molecule has 1 aromatic heterocycles. The maximum absolute atomic E-state index is 12.7. The van der Waals surface area contributed by atoms with Crippen molar-refractivity contribution >= 4 is 40.8 Å². The van der Waals surface area contributed by atoms with E-state index < -0.39 is 0 Å². The van der Waals surface area contributed by atoms with Gasteiger partial charge in [-0.25, -0.2) is 9.97 Å². The maximum Gasteiger partial charge on any atom is 0.233 e. The molecule has 31 heavy (non-hydrogen) atoms. The number of nitrogens with one attached hydrogen (secondary N) is 1. The summed E-state index contributed by atoms with van der Waals surface area (Å²) in [7, 11) is 0. The minimum absolute atomic E-state index is 0.145. The van der Waals surface area contributed by atoms with Gasteiger partial charge in [0.15, 0.2) is 0 Å². The van der Waals surface area contributed by atoms with Crippen molar-refractivity contribution < 1.29 is 4.79 Å². The number of piperazine rings is 1. The Kier molecular flexibility index (Phi) is 7.27. The molecular weight excluding hydrogens is 430 g/mol. The second kappa shape index (κ2) is 10.5. The molecule has 0 bridgehead atoms. The lowest BCUT2D eigenvalue weighted by Crippen LogP contribution is -2.49. The zero-order chi connectivity index (χ0) is 21.5. The van der Waals surface area contributed by atoms with Gasteiger partial charge < -0.3 is 15.1 Å². The van der Waals surface area contributed by atoms with Crippen LogP contribution in [-0.2, 0) is 11.3 Å². The van der Waals surface area contributed by atoms with Gasteiger partial charge >= 0.3 is 0 Å². The van der Waals surface area contributed by atoms with Gasteiger partial charge in [-0.15, -0.1) is 0 Å². The summed E-state index contributed by atoms with van der Waals surface area (Å²) in [4.78, 5) is 25.5. The predicted octanol–water partition coefficient (Wildman–Crippen LogP) is 4.18. The van der Waals surface area contributed by atoms with Crippen LogP contribution in [0, 0.1) is 0 Å². The van der Waals surface area contributed by atoms with Crippen molar-refractivity contribution in [1.29, 1.82) is 0 Å². The monoisotopic (exact) mass is 453 g/mol. The van der Waals surface area contributed by atoms with Crippen LogP contribution in [0.25, 0.3) is 0 Å². The molecule has 1 aliphatic heterocycles. The standard InChI is InChI=1S/C23H24ClN5OS/c24-19-8-6-18(7-9-19)15-25-21-14-22(27-17-26-21)31-16-23(30)29-12-10-28(11-13-29)20-4-2-1-3-5-20/h1-9,14,17H,10-13,15-16H2,(H,25,26,27). The van der Waals surface area contributed by atoms with E-state index in [-0.39, 0.29) is 5.91 Å². The maximum atomic E-state index is 12.7. The number of hydrogen-bond donors (Lipinski definition) is 1. The Hall–Kier alpha value is -2.77. The topological polar surface area (TPSA) is 61.4 Å². The van der Waals surface area contributed by atoms with Crippen LogP contribution in [0.2, 0.25) is 5.02 Å². The molecule has 8 heteroatoms. The first-order chi connectivity index (χ1) is 15.2. The fourth-order valence-corrected chi connectivity index (χ4v) is 4.29. The number of carbonyl (C=O) groups excluding carboxylic acids is 1. The highest BCUT2D eigenvalue weighted by Crippen LogP contribution is 2.20. The van der Waals surface area contributed by atoms with E-state index in [1.807, 2.05) is 53.4 Å². The number of amides is 1. The van der Waals surface area contributed by atoms with Crippen LogP contribution in [-0.4, -0.2) is 52.7 Å². The summed E-state index contributed by atoms with van der Waals surface area (Å²) in [6.45, 7) is 3.83. The Bertz CT molecular complexity index is 994. The van der Waals surface area contributed by atoms with E-state index in [2.05, 4.69) is 32.3 Å². The van der Waals surface area contributed by atoms with Gasteiger partial charge in [-0.1, -0.05) is 53.7 Å². The molecule has 1 N–H and O–H groups in total. The third-order valence-electron chi connectivity index (χ3n) is 5.13. The minimum Gasteiger partial charge on any atom is -0.368 e. The summed E-state index contributed by atoms with van der Waals surface area (Å²) in [6.07, 6.45) is 1.52. The average Bonchev–Trinajstić information content (AvgIpc) is 2.83. The molecule has 0 saturated carbocycles. The first-order valence-corrected chi connectivity index (χ1v) is 11.5. The zero-order valence-electron chi connectivity index (χ0n) is 17.1. The van der Waals surface area contributed by atoms with Crippen molar-refractivity contribution in [3.05, 3.63) is 77.6 Å². The van der Waals surface area contributed by atoms with E-state index in [1.165, 1.54) is 23.8 Å². The van der Waals surface area contributed by atoms with Gasteiger partial charge in [-0.05, 0) is 29.8 Å². The van der Waals surface area contributed by atoms with E-state index in [1.54, 1.807) is 0 Å². The Morgan fingerprint density at radius 1 is 1.00 bits per heavy atom. The molecule has 6 nitrogen and oxygen atoms in total. The van der Waals surface area contributed by atoms with Gasteiger partial charge in [0.25, 0.3) is 0 Å². The Morgan fingerprint density at radius 2 is 1.74 bits per heavy atom. The van der Waals surface area contributed by atoms with Crippen LogP contribution in [0.3, 0.4) is 0 Å². The van der Waals surface area contributed by atoms with Crippen molar-refractivity contribution in [3.8, 4) is 0 Å². The molecule has 0 atom stereocenters. The number of rotatable bonds is 7. The third kappa shape index (κ3) is 6.12. The molecule has 0 unspecified atom stereocenters. The fraction of sp³-hybridized carbons (Fsp3) is 0.261. The quantitative estimate of drug-likeness (QED) is 0.427. The van der Waals surface area contributed by atoms with E-state index in [0.29, 0.717) is 12.3 Å². The van der Waals surface area contributed by atoms with Crippen LogP contribution >= 0.6 is 23.4 Å². The molecule has 1 fully saturated rings. The number of carbonyl (C=O) groups is 1.